The summed E-state index contributed by atoms with van der Waals surface area (Å²) in [4.78, 5) is 4.19. The largest absolute Gasteiger partial charge is 0.386 e. The Morgan fingerprint density at radius 1 is 1.25 bits per heavy atom. The lowest BCUT2D eigenvalue weighted by Crippen LogP contribution is -2.12. The number of nitrogens with two attached hydrogens (primary N) is 1. The molecule has 0 aliphatic rings. The van der Waals surface area contributed by atoms with Crippen LogP contribution in [0.25, 0.3) is 0 Å². The molecule has 0 atom stereocenters. The summed E-state index contributed by atoms with van der Waals surface area (Å²) in [5.41, 5.74) is 7.81. The van der Waals surface area contributed by atoms with Crippen molar-refractivity contribution in [1.82, 2.24) is 0 Å². The number of alkyl halides is 1. The molecule has 3 heteroatoms. The van der Waals surface area contributed by atoms with Gasteiger partial charge < -0.3 is 5.73 Å². The molecule has 0 saturated carbocycles. The summed E-state index contributed by atoms with van der Waals surface area (Å²) in [5.74, 6) is 1.37. The third-order valence-electron chi connectivity index (χ3n) is 2.76. The minimum atomic E-state index is 0.272. The van der Waals surface area contributed by atoms with Gasteiger partial charge in [0.25, 0.3) is 0 Å². The lowest BCUT2D eigenvalue weighted by atomic mass is 9.94. The van der Waals surface area contributed by atoms with Crippen molar-refractivity contribution in [3.05, 3.63) is 29.8 Å². The summed E-state index contributed by atoms with van der Waals surface area (Å²) in [6.07, 6.45) is 2.34. The number of aliphatic imine (C=N–C) groups is 1. The quantitative estimate of drug-likeness (QED) is 0.473. The average Bonchev–Trinajstić information content (AvgIpc) is 2.32. The number of hydrogen-bond donors (Lipinski definition) is 1. The predicted molar refractivity (Wildman–Crippen MR) is 71.8 cm³/mol. The monoisotopic (exact) mass is 238 g/mol. The molecule has 0 fully saturated rings. The van der Waals surface area contributed by atoms with Gasteiger partial charge in [-0.05, 0) is 36.5 Å². The van der Waals surface area contributed by atoms with Gasteiger partial charge in [0.05, 0.1) is 11.6 Å². The fourth-order valence-corrected chi connectivity index (χ4v) is 1.84. The average molecular weight is 239 g/mol. The van der Waals surface area contributed by atoms with Gasteiger partial charge in [0.2, 0.25) is 0 Å². The van der Waals surface area contributed by atoms with Gasteiger partial charge in [0, 0.05) is 0 Å². The van der Waals surface area contributed by atoms with Crippen molar-refractivity contribution < 1.29 is 0 Å². The summed E-state index contributed by atoms with van der Waals surface area (Å²) in [6, 6.07) is 8.23. The zero-order valence-corrected chi connectivity index (χ0v) is 10.7. The fourth-order valence-electron chi connectivity index (χ4n) is 1.78. The van der Waals surface area contributed by atoms with Gasteiger partial charge >= 0.3 is 0 Å². The van der Waals surface area contributed by atoms with Crippen LogP contribution >= 0.6 is 11.6 Å². The van der Waals surface area contributed by atoms with Gasteiger partial charge in [-0.1, -0.05) is 26.0 Å². The van der Waals surface area contributed by atoms with Crippen molar-refractivity contribution in [3.63, 3.8) is 0 Å². The second-order valence-corrected chi connectivity index (χ2v) is 4.11. The molecule has 0 aliphatic carbocycles. The molecular formula is C13H19ClN2. The standard InChI is InChI=1S/C13H19ClN2/c1-3-10(4-2)11-5-7-12(8-6-11)16-13(15)9-14/h5-8,10H,3-4,9H2,1-2H3,(H2,15,16). The first-order valence-electron chi connectivity index (χ1n) is 5.70. The zero-order chi connectivity index (χ0) is 12.0. The second kappa shape index (κ2) is 6.54. The van der Waals surface area contributed by atoms with Crippen LogP contribution in [0.1, 0.15) is 38.2 Å². The van der Waals surface area contributed by atoms with E-state index in [0.29, 0.717) is 11.8 Å². The van der Waals surface area contributed by atoms with Crippen LogP contribution in [-0.2, 0) is 0 Å². The molecule has 0 heterocycles. The molecule has 1 aromatic carbocycles. The maximum atomic E-state index is 5.57. The van der Waals surface area contributed by atoms with E-state index in [1.807, 2.05) is 12.1 Å². The topological polar surface area (TPSA) is 38.4 Å². The Kier molecular flexibility index (Phi) is 5.33. The second-order valence-electron chi connectivity index (χ2n) is 3.84. The molecule has 0 saturated heterocycles. The van der Waals surface area contributed by atoms with Gasteiger partial charge in [-0.15, -0.1) is 11.6 Å². The van der Waals surface area contributed by atoms with Crippen molar-refractivity contribution in [3.8, 4) is 0 Å². The number of halogens is 1. The molecule has 0 bridgehead atoms. The Morgan fingerprint density at radius 2 is 1.81 bits per heavy atom. The lowest BCUT2D eigenvalue weighted by molar-refractivity contribution is 0.642. The number of hydrogen-bond acceptors (Lipinski definition) is 1. The van der Waals surface area contributed by atoms with Gasteiger partial charge in [0.1, 0.15) is 5.84 Å². The van der Waals surface area contributed by atoms with E-state index in [1.165, 1.54) is 18.4 Å². The molecule has 0 radical (unpaired) electrons. The highest BCUT2D eigenvalue weighted by molar-refractivity contribution is 6.28. The highest BCUT2D eigenvalue weighted by Crippen LogP contribution is 2.24. The van der Waals surface area contributed by atoms with Gasteiger partial charge in [-0.2, -0.15) is 0 Å². The molecule has 2 N–H and O–H groups in total. The maximum absolute atomic E-state index is 5.57. The number of rotatable bonds is 5. The molecule has 0 amide bonds. The summed E-state index contributed by atoms with van der Waals surface area (Å²) in [7, 11) is 0. The van der Waals surface area contributed by atoms with E-state index in [-0.39, 0.29) is 5.88 Å². The SMILES string of the molecule is CCC(CC)c1ccc(N=C(N)CCl)cc1. The molecule has 0 aliphatic heterocycles. The highest BCUT2D eigenvalue weighted by Gasteiger charge is 2.05. The summed E-state index contributed by atoms with van der Waals surface area (Å²) in [5, 5.41) is 0. The van der Waals surface area contributed by atoms with Crippen molar-refractivity contribution in [2.45, 2.75) is 32.6 Å². The summed E-state index contributed by atoms with van der Waals surface area (Å²) in [6.45, 7) is 4.43. The highest BCUT2D eigenvalue weighted by atomic mass is 35.5. The molecular weight excluding hydrogens is 220 g/mol. The smallest absolute Gasteiger partial charge is 0.115 e. The van der Waals surface area contributed by atoms with Crippen molar-refractivity contribution in [2.75, 3.05) is 5.88 Å². The minimum Gasteiger partial charge on any atom is -0.386 e. The first-order valence-corrected chi connectivity index (χ1v) is 6.23. The first-order chi connectivity index (χ1) is 7.71. The molecule has 0 spiro atoms. The fraction of sp³-hybridized carbons (Fsp3) is 0.462. The van der Waals surface area contributed by atoms with Gasteiger partial charge in [0.15, 0.2) is 0 Å². The van der Waals surface area contributed by atoms with E-state index in [9.17, 15) is 0 Å². The predicted octanol–water partition coefficient (Wildman–Crippen LogP) is 3.82. The molecule has 1 aromatic rings. The van der Waals surface area contributed by atoms with Gasteiger partial charge in [-0.3, -0.25) is 0 Å². The third-order valence-corrected chi connectivity index (χ3v) is 3.03. The van der Waals surface area contributed by atoms with Crippen LogP contribution in [0, 0.1) is 0 Å². The van der Waals surface area contributed by atoms with Crippen LogP contribution in [0.4, 0.5) is 5.69 Å². The molecule has 0 unspecified atom stereocenters. The Hall–Kier alpha value is -1.02. The van der Waals surface area contributed by atoms with Crippen LogP contribution in [0.15, 0.2) is 29.3 Å². The normalized spacial score (nSPS) is 12.1. The third kappa shape index (κ3) is 3.53. The Morgan fingerprint density at radius 3 is 2.25 bits per heavy atom. The molecule has 0 aromatic heterocycles. The van der Waals surface area contributed by atoms with Crippen LogP contribution in [0.5, 0.6) is 0 Å². The van der Waals surface area contributed by atoms with E-state index >= 15 is 0 Å². The number of amidine groups is 1. The molecule has 16 heavy (non-hydrogen) atoms. The maximum Gasteiger partial charge on any atom is 0.115 e. The van der Waals surface area contributed by atoms with Gasteiger partial charge in [-0.25, -0.2) is 4.99 Å². The van der Waals surface area contributed by atoms with Crippen molar-refractivity contribution in [2.24, 2.45) is 10.7 Å². The van der Waals surface area contributed by atoms with E-state index in [1.54, 1.807) is 0 Å². The van der Waals surface area contributed by atoms with E-state index in [2.05, 4.69) is 31.0 Å². The zero-order valence-electron chi connectivity index (χ0n) is 9.91. The first kappa shape index (κ1) is 13.0. The van der Waals surface area contributed by atoms with Crippen molar-refractivity contribution >= 4 is 23.1 Å². The minimum absolute atomic E-state index is 0.272. The van der Waals surface area contributed by atoms with Crippen LogP contribution < -0.4 is 5.73 Å². The van der Waals surface area contributed by atoms with E-state index < -0.39 is 0 Å². The number of benzene rings is 1. The Balaban J connectivity index is 2.82. The Labute approximate surface area is 103 Å². The summed E-state index contributed by atoms with van der Waals surface area (Å²) < 4.78 is 0. The molecule has 1 rings (SSSR count). The van der Waals surface area contributed by atoms with Crippen molar-refractivity contribution in [1.29, 1.82) is 0 Å². The molecule has 2 nitrogen and oxygen atoms in total. The molecule has 88 valence electrons. The Bertz CT molecular complexity index is 339. The van der Waals surface area contributed by atoms with E-state index in [0.717, 1.165) is 5.69 Å². The lowest BCUT2D eigenvalue weighted by Gasteiger charge is -2.12. The van der Waals surface area contributed by atoms with Crippen LogP contribution in [0.2, 0.25) is 0 Å². The summed E-state index contributed by atoms with van der Waals surface area (Å²) >= 11 is 5.57. The number of nitrogens with zero attached hydrogens (tertiary/aromatic N) is 1. The van der Waals surface area contributed by atoms with E-state index in [4.69, 9.17) is 17.3 Å². The van der Waals surface area contributed by atoms with Crippen LogP contribution in [0.3, 0.4) is 0 Å². The van der Waals surface area contributed by atoms with Crippen LogP contribution in [-0.4, -0.2) is 11.7 Å².